The van der Waals surface area contributed by atoms with E-state index < -0.39 is 0 Å². The standard InChI is InChI=1S/C17H21N3S/c1-13(2)19-10-15-11-20(8-5-14-6-9-21-12-14)17-16(15)4-3-7-18-17/h3-4,6-7,9,11-13,19H,5,8,10H2,1-2H3. The number of aromatic nitrogens is 2. The molecule has 3 nitrogen and oxygen atoms in total. The Bertz CT molecular complexity index is 698. The summed E-state index contributed by atoms with van der Waals surface area (Å²) in [6.45, 7) is 6.22. The van der Waals surface area contributed by atoms with Crippen LogP contribution in [0, 0.1) is 0 Å². The topological polar surface area (TPSA) is 29.9 Å². The van der Waals surface area contributed by atoms with Gasteiger partial charge in [0.1, 0.15) is 5.65 Å². The fraction of sp³-hybridized carbons (Fsp3) is 0.353. The van der Waals surface area contributed by atoms with E-state index in [1.807, 2.05) is 12.3 Å². The van der Waals surface area contributed by atoms with Crippen LogP contribution in [0.1, 0.15) is 25.0 Å². The van der Waals surface area contributed by atoms with Gasteiger partial charge in [-0.1, -0.05) is 13.8 Å². The zero-order chi connectivity index (χ0) is 14.7. The number of fused-ring (bicyclic) bond motifs is 1. The first-order valence-electron chi connectivity index (χ1n) is 7.41. The highest BCUT2D eigenvalue weighted by Crippen LogP contribution is 2.20. The lowest BCUT2D eigenvalue weighted by Gasteiger charge is -2.06. The molecule has 0 atom stereocenters. The highest BCUT2D eigenvalue weighted by atomic mass is 32.1. The van der Waals surface area contributed by atoms with E-state index in [1.54, 1.807) is 11.3 Å². The van der Waals surface area contributed by atoms with Crippen molar-refractivity contribution in [2.75, 3.05) is 0 Å². The summed E-state index contributed by atoms with van der Waals surface area (Å²) in [5.74, 6) is 0. The number of aryl methyl sites for hydroxylation is 2. The van der Waals surface area contributed by atoms with Gasteiger partial charge in [0.25, 0.3) is 0 Å². The molecule has 0 aliphatic carbocycles. The summed E-state index contributed by atoms with van der Waals surface area (Å²) in [5.41, 5.74) is 3.82. The molecule has 0 fully saturated rings. The van der Waals surface area contributed by atoms with Gasteiger partial charge in [-0.3, -0.25) is 0 Å². The lowest BCUT2D eigenvalue weighted by Crippen LogP contribution is -2.21. The third kappa shape index (κ3) is 3.34. The predicted molar refractivity (Wildman–Crippen MR) is 89.7 cm³/mol. The van der Waals surface area contributed by atoms with Crippen molar-refractivity contribution in [2.24, 2.45) is 0 Å². The largest absolute Gasteiger partial charge is 0.332 e. The van der Waals surface area contributed by atoms with E-state index in [0.29, 0.717) is 6.04 Å². The van der Waals surface area contributed by atoms with Crippen molar-refractivity contribution >= 4 is 22.4 Å². The number of pyridine rings is 1. The van der Waals surface area contributed by atoms with Crippen molar-refractivity contribution in [1.29, 1.82) is 0 Å². The van der Waals surface area contributed by atoms with Crippen molar-refractivity contribution in [3.8, 4) is 0 Å². The molecule has 1 N–H and O–H groups in total. The average molecular weight is 299 g/mol. The first-order chi connectivity index (χ1) is 10.2. The van der Waals surface area contributed by atoms with Gasteiger partial charge in [0.2, 0.25) is 0 Å². The van der Waals surface area contributed by atoms with Crippen molar-refractivity contribution in [2.45, 2.75) is 39.4 Å². The molecular weight excluding hydrogens is 278 g/mol. The zero-order valence-corrected chi connectivity index (χ0v) is 13.4. The Balaban J connectivity index is 1.84. The van der Waals surface area contributed by atoms with E-state index in [9.17, 15) is 0 Å². The molecule has 0 aliphatic rings. The van der Waals surface area contributed by atoms with Gasteiger partial charge in [0.05, 0.1) is 0 Å². The Labute approximate surface area is 129 Å². The van der Waals surface area contributed by atoms with Crippen molar-refractivity contribution in [3.63, 3.8) is 0 Å². The van der Waals surface area contributed by atoms with E-state index >= 15 is 0 Å². The second-order valence-corrected chi connectivity index (χ2v) is 6.42. The van der Waals surface area contributed by atoms with Crippen LogP contribution in [0.4, 0.5) is 0 Å². The SMILES string of the molecule is CC(C)NCc1cn(CCc2ccsc2)c2ncccc12. The van der Waals surface area contributed by atoms with Gasteiger partial charge in [-0.15, -0.1) is 0 Å². The molecule has 0 unspecified atom stereocenters. The van der Waals surface area contributed by atoms with Gasteiger partial charge in [-0.25, -0.2) is 4.98 Å². The summed E-state index contributed by atoms with van der Waals surface area (Å²) < 4.78 is 2.28. The number of thiophene rings is 1. The molecular formula is C17H21N3S. The van der Waals surface area contributed by atoms with Gasteiger partial charge in [-0.05, 0) is 46.5 Å². The molecule has 3 aromatic heterocycles. The average Bonchev–Trinajstić information content (AvgIpc) is 3.11. The Morgan fingerprint density at radius 1 is 1.33 bits per heavy atom. The second kappa shape index (κ2) is 6.41. The monoisotopic (exact) mass is 299 g/mol. The maximum Gasteiger partial charge on any atom is 0.140 e. The van der Waals surface area contributed by atoms with Gasteiger partial charge in [0, 0.05) is 36.9 Å². The van der Waals surface area contributed by atoms with Gasteiger partial charge < -0.3 is 9.88 Å². The lowest BCUT2D eigenvalue weighted by molar-refractivity contribution is 0.588. The maximum atomic E-state index is 4.57. The fourth-order valence-corrected chi connectivity index (χ4v) is 3.21. The summed E-state index contributed by atoms with van der Waals surface area (Å²) in [5, 5.41) is 9.12. The number of hydrogen-bond donors (Lipinski definition) is 1. The smallest absolute Gasteiger partial charge is 0.140 e. The Morgan fingerprint density at radius 2 is 2.24 bits per heavy atom. The van der Waals surface area contributed by atoms with Crippen LogP contribution >= 0.6 is 11.3 Å². The molecule has 4 heteroatoms. The van der Waals surface area contributed by atoms with Crippen molar-refractivity contribution in [3.05, 3.63) is 52.5 Å². The molecule has 0 radical (unpaired) electrons. The van der Waals surface area contributed by atoms with Crippen LogP contribution in [0.25, 0.3) is 11.0 Å². The van der Waals surface area contributed by atoms with Gasteiger partial charge >= 0.3 is 0 Å². The van der Waals surface area contributed by atoms with Crippen LogP contribution in [0.15, 0.2) is 41.4 Å². The molecule has 3 rings (SSSR count). The molecule has 110 valence electrons. The number of hydrogen-bond acceptors (Lipinski definition) is 3. The summed E-state index contributed by atoms with van der Waals surface area (Å²) in [6.07, 6.45) is 5.18. The molecule has 3 heterocycles. The molecule has 3 aromatic rings. The van der Waals surface area contributed by atoms with Crippen LogP contribution in [-0.4, -0.2) is 15.6 Å². The molecule has 0 aromatic carbocycles. The lowest BCUT2D eigenvalue weighted by atomic mass is 10.2. The third-order valence-corrected chi connectivity index (χ3v) is 4.37. The zero-order valence-electron chi connectivity index (χ0n) is 12.5. The Kier molecular flexibility index (Phi) is 4.36. The molecule has 21 heavy (non-hydrogen) atoms. The molecule has 0 saturated carbocycles. The Morgan fingerprint density at radius 3 is 3.00 bits per heavy atom. The number of rotatable bonds is 6. The van der Waals surface area contributed by atoms with E-state index in [2.05, 4.69) is 57.8 Å². The van der Waals surface area contributed by atoms with Crippen LogP contribution in [0.3, 0.4) is 0 Å². The van der Waals surface area contributed by atoms with Crippen LogP contribution in [-0.2, 0) is 19.5 Å². The summed E-state index contributed by atoms with van der Waals surface area (Å²) in [4.78, 5) is 4.57. The van der Waals surface area contributed by atoms with Crippen LogP contribution in [0.5, 0.6) is 0 Å². The highest BCUT2D eigenvalue weighted by Gasteiger charge is 2.09. The summed E-state index contributed by atoms with van der Waals surface area (Å²) in [7, 11) is 0. The quantitative estimate of drug-likeness (QED) is 0.749. The molecule has 0 aliphatic heterocycles. The molecule has 0 amide bonds. The van der Waals surface area contributed by atoms with Gasteiger partial charge in [-0.2, -0.15) is 11.3 Å². The van der Waals surface area contributed by atoms with Crippen molar-refractivity contribution < 1.29 is 0 Å². The van der Waals surface area contributed by atoms with E-state index in [4.69, 9.17) is 0 Å². The normalized spacial score (nSPS) is 11.6. The summed E-state index contributed by atoms with van der Waals surface area (Å²) in [6, 6.07) is 6.88. The predicted octanol–water partition coefficient (Wildman–Crippen LogP) is 3.84. The molecule has 0 spiro atoms. The number of nitrogens with zero attached hydrogens (tertiary/aromatic N) is 2. The fourth-order valence-electron chi connectivity index (χ4n) is 2.51. The first kappa shape index (κ1) is 14.3. The number of nitrogens with one attached hydrogen (secondary N) is 1. The van der Waals surface area contributed by atoms with Crippen LogP contribution in [0.2, 0.25) is 0 Å². The highest BCUT2D eigenvalue weighted by molar-refractivity contribution is 7.07. The summed E-state index contributed by atoms with van der Waals surface area (Å²) >= 11 is 1.76. The third-order valence-electron chi connectivity index (χ3n) is 3.64. The molecule has 0 bridgehead atoms. The van der Waals surface area contributed by atoms with Crippen molar-refractivity contribution in [1.82, 2.24) is 14.9 Å². The van der Waals surface area contributed by atoms with E-state index in [1.165, 1.54) is 16.5 Å². The van der Waals surface area contributed by atoms with Gasteiger partial charge in [0.15, 0.2) is 0 Å². The van der Waals surface area contributed by atoms with E-state index in [0.717, 1.165) is 25.2 Å². The van der Waals surface area contributed by atoms with Crippen LogP contribution < -0.4 is 5.32 Å². The maximum absolute atomic E-state index is 4.57. The minimum atomic E-state index is 0.492. The second-order valence-electron chi connectivity index (χ2n) is 5.64. The molecule has 0 saturated heterocycles. The Hall–Kier alpha value is -1.65. The first-order valence-corrected chi connectivity index (χ1v) is 8.35. The minimum Gasteiger partial charge on any atom is -0.332 e. The van der Waals surface area contributed by atoms with E-state index in [-0.39, 0.29) is 0 Å². The minimum absolute atomic E-state index is 0.492.